The topological polar surface area (TPSA) is 42.2 Å². The van der Waals surface area contributed by atoms with Crippen molar-refractivity contribution in [2.75, 3.05) is 6.54 Å². The third-order valence-electron chi connectivity index (χ3n) is 4.61. The molecule has 1 aliphatic carbocycles. The van der Waals surface area contributed by atoms with Gasteiger partial charge < -0.3 is 5.32 Å². The van der Waals surface area contributed by atoms with Gasteiger partial charge in [0.25, 0.3) is 0 Å². The van der Waals surface area contributed by atoms with Crippen LogP contribution < -0.4 is 5.32 Å². The van der Waals surface area contributed by atoms with E-state index in [1.807, 2.05) is 12.4 Å². The average molecular weight is 351 g/mol. The predicted octanol–water partition coefficient (Wildman–Crippen LogP) is 3.80. The first-order valence-electron chi connectivity index (χ1n) is 7.90. The molecule has 1 N–H and O–H groups in total. The highest BCUT2D eigenvalue weighted by Crippen LogP contribution is 2.29. The van der Waals surface area contributed by atoms with E-state index < -0.39 is 0 Å². The summed E-state index contributed by atoms with van der Waals surface area (Å²) in [6.07, 6.45) is 12.7. The van der Waals surface area contributed by atoms with Crippen LogP contribution in [0, 0.1) is 11.8 Å². The van der Waals surface area contributed by atoms with Crippen LogP contribution >= 0.6 is 15.9 Å². The Morgan fingerprint density at radius 2 is 2.05 bits per heavy atom. The molecule has 0 aromatic carbocycles. The van der Waals surface area contributed by atoms with Gasteiger partial charge in [-0.3, -0.25) is 4.40 Å². The molecule has 2 aromatic rings. The van der Waals surface area contributed by atoms with E-state index in [4.69, 9.17) is 0 Å². The number of fused-ring (bicyclic) bond motifs is 1. The van der Waals surface area contributed by atoms with Crippen LogP contribution in [0.1, 0.15) is 44.7 Å². The fourth-order valence-electron chi connectivity index (χ4n) is 3.19. The van der Waals surface area contributed by atoms with Crippen LogP contribution in [0.5, 0.6) is 0 Å². The molecule has 1 saturated carbocycles. The van der Waals surface area contributed by atoms with Crippen LogP contribution in [0.2, 0.25) is 0 Å². The van der Waals surface area contributed by atoms with Crippen molar-refractivity contribution in [3.05, 3.63) is 28.9 Å². The van der Waals surface area contributed by atoms with Gasteiger partial charge in [0.2, 0.25) is 0 Å². The van der Waals surface area contributed by atoms with Gasteiger partial charge in [-0.2, -0.15) is 0 Å². The summed E-state index contributed by atoms with van der Waals surface area (Å²) in [5.41, 5.74) is 2.08. The molecule has 0 radical (unpaired) electrons. The molecule has 2 heterocycles. The summed E-state index contributed by atoms with van der Waals surface area (Å²) in [6, 6.07) is 0. The summed E-state index contributed by atoms with van der Waals surface area (Å²) in [6.45, 7) is 4.34. The van der Waals surface area contributed by atoms with E-state index in [9.17, 15) is 0 Å². The molecule has 0 atom stereocenters. The third-order valence-corrected chi connectivity index (χ3v) is 5.02. The summed E-state index contributed by atoms with van der Waals surface area (Å²) in [5, 5.41) is 3.56. The highest BCUT2D eigenvalue weighted by Gasteiger charge is 2.17. The number of halogens is 1. The van der Waals surface area contributed by atoms with E-state index in [0.717, 1.165) is 35.2 Å². The summed E-state index contributed by atoms with van der Waals surface area (Å²) in [7, 11) is 0. The lowest BCUT2D eigenvalue weighted by Gasteiger charge is -2.26. The SMILES string of the molecule is CC1CCC(CCNCc2cnc3cnc(Br)cn23)CC1. The molecule has 0 aliphatic heterocycles. The quantitative estimate of drug-likeness (QED) is 0.834. The molecule has 4 nitrogen and oxygen atoms in total. The number of imidazole rings is 1. The van der Waals surface area contributed by atoms with Crippen LogP contribution in [0.4, 0.5) is 0 Å². The maximum Gasteiger partial charge on any atom is 0.155 e. The molecule has 21 heavy (non-hydrogen) atoms. The zero-order valence-corrected chi connectivity index (χ0v) is 14.1. The zero-order chi connectivity index (χ0) is 14.7. The molecule has 0 unspecified atom stereocenters. The number of nitrogens with one attached hydrogen (secondary N) is 1. The smallest absolute Gasteiger partial charge is 0.155 e. The van der Waals surface area contributed by atoms with Crippen molar-refractivity contribution in [3.63, 3.8) is 0 Å². The van der Waals surface area contributed by atoms with Crippen molar-refractivity contribution < 1.29 is 0 Å². The Morgan fingerprint density at radius 3 is 2.86 bits per heavy atom. The maximum atomic E-state index is 4.38. The number of hydrogen-bond acceptors (Lipinski definition) is 3. The first kappa shape index (κ1) is 15.0. The van der Waals surface area contributed by atoms with Gasteiger partial charge >= 0.3 is 0 Å². The lowest BCUT2D eigenvalue weighted by molar-refractivity contribution is 0.275. The van der Waals surface area contributed by atoms with Gasteiger partial charge in [-0.15, -0.1) is 0 Å². The summed E-state index contributed by atoms with van der Waals surface area (Å²) in [5.74, 6) is 1.87. The van der Waals surface area contributed by atoms with E-state index >= 15 is 0 Å². The van der Waals surface area contributed by atoms with Gasteiger partial charge in [-0.1, -0.05) is 32.6 Å². The highest BCUT2D eigenvalue weighted by atomic mass is 79.9. The van der Waals surface area contributed by atoms with Gasteiger partial charge in [0, 0.05) is 12.7 Å². The molecule has 3 rings (SSSR count). The predicted molar refractivity (Wildman–Crippen MR) is 88.1 cm³/mol. The minimum absolute atomic E-state index is 0.838. The first-order valence-corrected chi connectivity index (χ1v) is 8.70. The van der Waals surface area contributed by atoms with Crippen molar-refractivity contribution >= 4 is 21.6 Å². The van der Waals surface area contributed by atoms with E-state index in [1.54, 1.807) is 6.20 Å². The molecule has 1 fully saturated rings. The normalized spacial score (nSPS) is 22.8. The molecule has 0 bridgehead atoms. The molecule has 2 aromatic heterocycles. The fraction of sp³-hybridized carbons (Fsp3) is 0.625. The minimum Gasteiger partial charge on any atom is -0.311 e. The lowest BCUT2D eigenvalue weighted by atomic mass is 9.81. The van der Waals surface area contributed by atoms with Crippen molar-refractivity contribution in [2.24, 2.45) is 11.8 Å². The van der Waals surface area contributed by atoms with E-state index in [0.29, 0.717) is 0 Å². The Labute approximate surface area is 134 Å². The molecule has 0 amide bonds. The molecular weight excluding hydrogens is 328 g/mol. The largest absolute Gasteiger partial charge is 0.311 e. The molecule has 0 spiro atoms. The average Bonchev–Trinajstić information content (AvgIpc) is 2.88. The molecule has 0 saturated heterocycles. The molecule has 114 valence electrons. The summed E-state index contributed by atoms with van der Waals surface area (Å²) in [4.78, 5) is 8.57. The van der Waals surface area contributed by atoms with Crippen molar-refractivity contribution in [2.45, 2.75) is 45.6 Å². The number of rotatable bonds is 5. The lowest BCUT2D eigenvalue weighted by Crippen LogP contribution is -2.21. The maximum absolute atomic E-state index is 4.38. The van der Waals surface area contributed by atoms with Crippen LogP contribution in [0.25, 0.3) is 5.65 Å². The number of aromatic nitrogens is 3. The van der Waals surface area contributed by atoms with Gasteiger partial charge in [-0.05, 0) is 40.7 Å². The second-order valence-electron chi connectivity index (χ2n) is 6.28. The standard InChI is InChI=1S/C16H23BrN4/c1-12-2-4-13(5-3-12)6-7-18-8-14-9-20-16-10-19-15(17)11-21(14)16/h9-13,18H,2-8H2,1H3. The Kier molecular flexibility index (Phi) is 4.91. The van der Waals surface area contributed by atoms with Gasteiger partial charge in [0.15, 0.2) is 5.65 Å². The second-order valence-corrected chi connectivity index (χ2v) is 7.09. The highest BCUT2D eigenvalue weighted by molar-refractivity contribution is 9.10. The van der Waals surface area contributed by atoms with Gasteiger partial charge in [-0.25, -0.2) is 9.97 Å². The Balaban J connectivity index is 1.47. The second kappa shape index (κ2) is 6.88. The monoisotopic (exact) mass is 350 g/mol. The van der Waals surface area contributed by atoms with E-state index in [2.05, 4.69) is 42.5 Å². The van der Waals surface area contributed by atoms with Crippen LogP contribution in [-0.2, 0) is 6.54 Å². The number of hydrogen-bond donors (Lipinski definition) is 1. The Hall–Kier alpha value is -0.940. The zero-order valence-electron chi connectivity index (χ0n) is 12.6. The Bertz CT molecular complexity index is 587. The van der Waals surface area contributed by atoms with Crippen LogP contribution in [0.15, 0.2) is 23.2 Å². The van der Waals surface area contributed by atoms with E-state index in [-0.39, 0.29) is 0 Å². The van der Waals surface area contributed by atoms with Crippen LogP contribution in [-0.4, -0.2) is 20.9 Å². The van der Waals surface area contributed by atoms with E-state index in [1.165, 1.54) is 37.8 Å². The van der Waals surface area contributed by atoms with Crippen molar-refractivity contribution in [1.82, 2.24) is 19.7 Å². The summed E-state index contributed by atoms with van der Waals surface area (Å²) < 4.78 is 2.93. The summed E-state index contributed by atoms with van der Waals surface area (Å²) >= 11 is 3.41. The first-order chi connectivity index (χ1) is 10.2. The van der Waals surface area contributed by atoms with Crippen molar-refractivity contribution in [3.8, 4) is 0 Å². The third kappa shape index (κ3) is 3.83. The van der Waals surface area contributed by atoms with Crippen LogP contribution in [0.3, 0.4) is 0 Å². The molecule has 1 aliphatic rings. The van der Waals surface area contributed by atoms with Gasteiger partial charge in [0.05, 0.1) is 18.1 Å². The van der Waals surface area contributed by atoms with Gasteiger partial charge in [0.1, 0.15) is 4.60 Å². The fourth-order valence-corrected chi connectivity index (χ4v) is 3.49. The molecule has 5 heteroatoms. The number of nitrogens with zero attached hydrogens (tertiary/aromatic N) is 3. The Morgan fingerprint density at radius 1 is 1.24 bits per heavy atom. The van der Waals surface area contributed by atoms with Crippen molar-refractivity contribution in [1.29, 1.82) is 0 Å². The molecular formula is C16H23BrN4. The minimum atomic E-state index is 0.838.